The summed E-state index contributed by atoms with van der Waals surface area (Å²) in [6.45, 7) is 0.733. The summed E-state index contributed by atoms with van der Waals surface area (Å²) >= 11 is 5.84. The fourth-order valence-corrected chi connectivity index (χ4v) is 2.56. The molecule has 0 aliphatic carbocycles. The number of benzene rings is 2. The Morgan fingerprint density at radius 2 is 1.77 bits per heavy atom. The van der Waals surface area contributed by atoms with E-state index in [2.05, 4.69) is 32.7 Å². The summed E-state index contributed by atoms with van der Waals surface area (Å²) in [7, 11) is 0. The van der Waals surface area contributed by atoms with Crippen molar-refractivity contribution in [3.63, 3.8) is 0 Å². The van der Waals surface area contributed by atoms with Crippen molar-refractivity contribution in [1.29, 1.82) is 0 Å². The zero-order valence-corrected chi connectivity index (χ0v) is 14.9. The number of aryl methyl sites for hydroxylation is 1. The fraction of sp³-hybridized carbons (Fsp3) is 0.150. The van der Waals surface area contributed by atoms with E-state index in [0.717, 1.165) is 19.4 Å². The molecule has 0 aliphatic heterocycles. The SMILES string of the molecule is O=C(Nc1ccc(Cl)cc1)c1ccnc(NCCCc2ccccc2)n1. The minimum absolute atomic E-state index is 0.290. The third-order valence-corrected chi connectivity index (χ3v) is 4.01. The van der Waals surface area contributed by atoms with Crippen LogP contribution in [0.5, 0.6) is 0 Å². The molecule has 0 unspecified atom stereocenters. The van der Waals surface area contributed by atoms with Gasteiger partial charge >= 0.3 is 0 Å². The molecule has 0 bridgehead atoms. The number of carbonyl (C=O) groups is 1. The molecule has 0 radical (unpaired) electrons. The number of nitrogens with one attached hydrogen (secondary N) is 2. The largest absolute Gasteiger partial charge is 0.354 e. The maximum Gasteiger partial charge on any atom is 0.274 e. The fourth-order valence-electron chi connectivity index (χ4n) is 2.44. The molecule has 6 heteroatoms. The lowest BCUT2D eigenvalue weighted by Crippen LogP contribution is -2.15. The zero-order chi connectivity index (χ0) is 18.2. The van der Waals surface area contributed by atoms with Gasteiger partial charge in [-0.25, -0.2) is 9.97 Å². The first-order valence-electron chi connectivity index (χ1n) is 8.38. The standard InChI is InChI=1S/C20H19ClN4O/c21-16-8-10-17(11-9-16)24-19(26)18-12-14-23-20(25-18)22-13-4-7-15-5-2-1-3-6-15/h1-3,5-6,8-12,14H,4,7,13H2,(H,24,26)(H,22,23,25). The molecule has 1 heterocycles. The van der Waals surface area contributed by atoms with Crippen molar-refractivity contribution in [3.05, 3.63) is 83.1 Å². The van der Waals surface area contributed by atoms with Gasteiger partial charge in [-0.1, -0.05) is 41.9 Å². The van der Waals surface area contributed by atoms with E-state index in [9.17, 15) is 4.79 Å². The van der Waals surface area contributed by atoms with Crippen LogP contribution in [-0.4, -0.2) is 22.4 Å². The van der Waals surface area contributed by atoms with Crippen LogP contribution in [-0.2, 0) is 6.42 Å². The Labute approximate surface area is 157 Å². The summed E-state index contributed by atoms with van der Waals surface area (Å²) in [6, 6.07) is 18.8. The molecular formula is C20H19ClN4O. The monoisotopic (exact) mass is 366 g/mol. The predicted octanol–water partition coefficient (Wildman–Crippen LogP) is 4.43. The molecule has 3 aromatic rings. The molecule has 0 saturated heterocycles. The summed E-state index contributed by atoms with van der Waals surface area (Å²) in [4.78, 5) is 20.7. The molecule has 1 amide bonds. The lowest BCUT2D eigenvalue weighted by Gasteiger charge is -2.07. The smallest absolute Gasteiger partial charge is 0.274 e. The van der Waals surface area contributed by atoms with Gasteiger partial charge in [0.2, 0.25) is 5.95 Å². The van der Waals surface area contributed by atoms with Crippen molar-refractivity contribution in [3.8, 4) is 0 Å². The lowest BCUT2D eigenvalue weighted by molar-refractivity contribution is 0.102. The van der Waals surface area contributed by atoms with Gasteiger partial charge in [0, 0.05) is 23.5 Å². The second kappa shape index (κ2) is 8.97. The summed E-state index contributed by atoms with van der Waals surface area (Å²) in [5, 5.41) is 6.57. The van der Waals surface area contributed by atoms with Gasteiger partial charge in [-0.05, 0) is 48.7 Å². The Kier molecular flexibility index (Phi) is 6.17. The van der Waals surface area contributed by atoms with Crippen LogP contribution in [0.25, 0.3) is 0 Å². The Bertz CT molecular complexity index is 853. The quantitative estimate of drug-likeness (QED) is 0.607. The topological polar surface area (TPSA) is 66.9 Å². The number of aromatic nitrogens is 2. The second-order valence-corrected chi connectivity index (χ2v) is 6.18. The summed E-state index contributed by atoms with van der Waals surface area (Å²) in [5.74, 6) is 0.156. The van der Waals surface area contributed by atoms with E-state index in [-0.39, 0.29) is 5.91 Å². The lowest BCUT2D eigenvalue weighted by atomic mass is 10.1. The molecule has 1 aromatic heterocycles. The van der Waals surface area contributed by atoms with Gasteiger partial charge in [-0.15, -0.1) is 0 Å². The van der Waals surface area contributed by atoms with Crippen LogP contribution in [0.1, 0.15) is 22.5 Å². The van der Waals surface area contributed by atoms with Gasteiger partial charge in [0.15, 0.2) is 0 Å². The normalized spacial score (nSPS) is 10.3. The van der Waals surface area contributed by atoms with Crippen LogP contribution in [0, 0.1) is 0 Å². The Balaban J connectivity index is 1.52. The van der Waals surface area contributed by atoms with Gasteiger partial charge in [-0.3, -0.25) is 4.79 Å². The summed E-state index contributed by atoms with van der Waals surface area (Å²) < 4.78 is 0. The van der Waals surface area contributed by atoms with Gasteiger partial charge in [-0.2, -0.15) is 0 Å². The number of hydrogen-bond acceptors (Lipinski definition) is 4. The van der Waals surface area contributed by atoms with Crippen LogP contribution >= 0.6 is 11.6 Å². The molecule has 3 rings (SSSR count). The van der Waals surface area contributed by atoms with Crippen LogP contribution in [0.3, 0.4) is 0 Å². The number of anilines is 2. The Hall–Kier alpha value is -2.92. The van der Waals surface area contributed by atoms with E-state index >= 15 is 0 Å². The van der Waals surface area contributed by atoms with Crippen molar-refractivity contribution in [1.82, 2.24) is 9.97 Å². The van der Waals surface area contributed by atoms with Crippen molar-refractivity contribution in [2.45, 2.75) is 12.8 Å². The van der Waals surface area contributed by atoms with Crippen molar-refractivity contribution in [2.24, 2.45) is 0 Å². The van der Waals surface area contributed by atoms with Crippen LogP contribution in [0.2, 0.25) is 5.02 Å². The first-order chi connectivity index (χ1) is 12.7. The summed E-state index contributed by atoms with van der Waals surface area (Å²) in [5.41, 5.74) is 2.27. The third kappa shape index (κ3) is 5.29. The molecule has 0 spiro atoms. The van der Waals surface area contributed by atoms with E-state index in [0.29, 0.717) is 22.4 Å². The van der Waals surface area contributed by atoms with E-state index < -0.39 is 0 Å². The Morgan fingerprint density at radius 1 is 1.00 bits per heavy atom. The average Bonchev–Trinajstić information content (AvgIpc) is 2.68. The third-order valence-electron chi connectivity index (χ3n) is 3.76. The molecule has 132 valence electrons. The average molecular weight is 367 g/mol. The molecule has 0 fully saturated rings. The highest BCUT2D eigenvalue weighted by atomic mass is 35.5. The van der Waals surface area contributed by atoms with E-state index in [1.165, 1.54) is 5.56 Å². The maximum absolute atomic E-state index is 12.3. The molecule has 0 aliphatic rings. The maximum atomic E-state index is 12.3. The highest BCUT2D eigenvalue weighted by Gasteiger charge is 2.09. The number of carbonyl (C=O) groups excluding carboxylic acids is 1. The molecule has 2 aromatic carbocycles. The van der Waals surface area contributed by atoms with Crippen LogP contribution < -0.4 is 10.6 Å². The van der Waals surface area contributed by atoms with Crippen molar-refractivity contribution >= 4 is 29.1 Å². The van der Waals surface area contributed by atoms with Crippen molar-refractivity contribution in [2.75, 3.05) is 17.2 Å². The van der Waals surface area contributed by atoms with Gasteiger partial charge in [0.05, 0.1) is 0 Å². The van der Waals surface area contributed by atoms with E-state index in [1.54, 1.807) is 36.5 Å². The van der Waals surface area contributed by atoms with Gasteiger partial charge in [0.25, 0.3) is 5.91 Å². The first kappa shape index (κ1) is 17.9. The molecule has 26 heavy (non-hydrogen) atoms. The predicted molar refractivity (Wildman–Crippen MR) is 105 cm³/mol. The molecule has 5 nitrogen and oxygen atoms in total. The number of amides is 1. The van der Waals surface area contributed by atoms with E-state index in [4.69, 9.17) is 11.6 Å². The number of nitrogens with zero attached hydrogens (tertiary/aromatic N) is 2. The van der Waals surface area contributed by atoms with Crippen LogP contribution in [0.15, 0.2) is 66.9 Å². The first-order valence-corrected chi connectivity index (χ1v) is 8.76. The van der Waals surface area contributed by atoms with E-state index in [1.807, 2.05) is 18.2 Å². The minimum atomic E-state index is -0.290. The molecule has 0 saturated carbocycles. The molecule has 0 atom stereocenters. The Morgan fingerprint density at radius 3 is 2.54 bits per heavy atom. The molecule has 2 N–H and O–H groups in total. The highest BCUT2D eigenvalue weighted by molar-refractivity contribution is 6.30. The van der Waals surface area contributed by atoms with Gasteiger partial charge in [0.1, 0.15) is 5.69 Å². The van der Waals surface area contributed by atoms with Crippen molar-refractivity contribution < 1.29 is 4.79 Å². The van der Waals surface area contributed by atoms with Gasteiger partial charge < -0.3 is 10.6 Å². The number of halogens is 1. The zero-order valence-electron chi connectivity index (χ0n) is 14.2. The second-order valence-electron chi connectivity index (χ2n) is 5.74. The summed E-state index contributed by atoms with van der Waals surface area (Å²) in [6.07, 6.45) is 3.50. The minimum Gasteiger partial charge on any atom is -0.354 e. The van der Waals surface area contributed by atoms with Crippen LogP contribution in [0.4, 0.5) is 11.6 Å². The number of rotatable bonds is 7. The highest BCUT2D eigenvalue weighted by Crippen LogP contribution is 2.14. The number of hydrogen-bond donors (Lipinski definition) is 2. The molecular weight excluding hydrogens is 348 g/mol.